The van der Waals surface area contributed by atoms with Crippen molar-refractivity contribution in [1.82, 2.24) is 5.32 Å². The zero-order valence-corrected chi connectivity index (χ0v) is 14.6. The molecule has 0 aliphatic rings. The molecular weight excluding hydrogens is 413 g/mol. The second-order valence-electron chi connectivity index (χ2n) is 5.47. The molecule has 2 rings (SSSR count). The maximum atomic E-state index is 13.1. The molecule has 0 radical (unpaired) electrons. The molecule has 23 heavy (non-hydrogen) atoms. The third-order valence-corrected chi connectivity index (χ3v) is 4.13. The Balaban J connectivity index is 1.81. The van der Waals surface area contributed by atoms with Crippen molar-refractivity contribution in [2.75, 3.05) is 6.54 Å². The summed E-state index contributed by atoms with van der Waals surface area (Å²) < 4.78 is 27.4. The van der Waals surface area contributed by atoms with Crippen LogP contribution >= 0.6 is 22.6 Å². The molecule has 2 aromatic rings. The predicted molar refractivity (Wildman–Crippen MR) is 94.9 cm³/mol. The lowest BCUT2D eigenvalue weighted by molar-refractivity contribution is 0.141. The van der Waals surface area contributed by atoms with E-state index in [0.717, 1.165) is 15.2 Å². The Bertz CT molecular complexity index is 634. The van der Waals surface area contributed by atoms with E-state index < -0.39 is 23.8 Å². The fraction of sp³-hybridized carbons (Fsp3) is 0.294. The zero-order valence-electron chi connectivity index (χ0n) is 12.5. The molecule has 6 heteroatoms. The Hall–Kier alpha value is -1.09. The average Bonchev–Trinajstić information content (AvgIpc) is 2.46. The maximum Gasteiger partial charge on any atom is 0.126 e. The highest BCUT2D eigenvalue weighted by Crippen LogP contribution is 2.11. The molecule has 0 bridgehead atoms. The number of aliphatic hydroxyl groups is 1. The first-order valence-electron chi connectivity index (χ1n) is 7.28. The molecule has 2 aromatic carbocycles. The molecule has 0 saturated heterocycles. The first kappa shape index (κ1) is 18.3. The number of aliphatic hydroxyl groups excluding tert-OH is 1. The van der Waals surface area contributed by atoms with Gasteiger partial charge in [0, 0.05) is 28.8 Å². The van der Waals surface area contributed by atoms with Gasteiger partial charge in [-0.1, -0.05) is 12.1 Å². The minimum absolute atomic E-state index is 0.209. The van der Waals surface area contributed by atoms with Gasteiger partial charge in [0.2, 0.25) is 0 Å². The summed E-state index contributed by atoms with van der Waals surface area (Å²) in [5.41, 5.74) is 7.47. The van der Waals surface area contributed by atoms with E-state index in [0.29, 0.717) is 18.7 Å². The van der Waals surface area contributed by atoms with Crippen molar-refractivity contribution in [1.29, 1.82) is 0 Å². The summed E-state index contributed by atoms with van der Waals surface area (Å²) >= 11 is 2.24. The van der Waals surface area contributed by atoms with Crippen LogP contribution in [0.15, 0.2) is 42.5 Å². The first-order chi connectivity index (χ1) is 10.9. The van der Waals surface area contributed by atoms with E-state index in [4.69, 9.17) is 5.73 Å². The van der Waals surface area contributed by atoms with Crippen molar-refractivity contribution in [2.24, 2.45) is 5.73 Å². The molecule has 0 aliphatic carbocycles. The highest BCUT2D eigenvalue weighted by Gasteiger charge is 2.16. The second kappa shape index (κ2) is 8.68. The number of nitrogens with two attached hydrogens (primary N) is 1. The number of halogens is 3. The predicted octanol–water partition coefficient (Wildman–Crippen LogP) is 2.59. The average molecular weight is 432 g/mol. The maximum absolute atomic E-state index is 13.1. The minimum atomic E-state index is -0.802. The van der Waals surface area contributed by atoms with Crippen LogP contribution < -0.4 is 11.1 Å². The van der Waals surface area contributed by atoms with Crippen LogP contribution in [0.4, 0.5) is 8.78 Å². The fourth-order valence-electron chi connectivity index (χ4n) is 2.30. The quantitative estimate of drug-likeness (QED) is 0.590. The van der Waals surface area contributed by atoms with Gasteiger partial charge in [-0.25, -0.2) is 8.78 Å². The van der Waals surface area contributed by atoms with Gasteiger partial charge in [0.05, 0.1) is 6.10 Å². The molecule has 0 amide bonds. The Morgan fingerprint density at radius 1 is 1.09 bits per heavy atom. The van der Waals surface area contributed by atoms with E-state index in [-0.39, 0.29) is 6.42 Å². The Morgan fingerprint density at radius 2 is 1.78 bits per heavy atom. The monoisotopic (exact) mass is 432 g/mol. The molecule has 0 fully saturated rings. The van der Waals surface area contributed by atoms with Crippen LogP contribution in [0, 0.1) is 15.2 Å². The molecule has 0 aliphatic heterocycles. The molecule has 0 unspecified atom stereocenters. The molecule has 0 aromatic heterocycles. The van der Waals surface area contributed by atoms with Gasteiger partial charge < -0.3 is 16.2 Å². The molecule has 0 saturated carbocycles. The number of nitrogens with one attached hydrogen (secondary N) is 1. The van der Waals surface area contributed by atoms with Crippen molar-refractivity contribution in [3.8, 4) is 0 Å². The van der Waals surface area contributed by atoms with Gasteiger partial charge in [0.15, 0.2) is 0 Å². The van der Waals surface area contributed by atoms with E-state index in [1.54, 1.807) is 0 Å². The topological polar surface area (TPSA) is 58.3 Å². The van der Waals surface area contributed by atoms with Crippen molar-refractivity contribution >= 4 is 22.6 Å². The number of rotatable bonds is 7. The third kappa shape index (κ3) is 6.14. The largest absolute Gasteiger partial charge is 0.390 e. The SMILES string of the molecule is N[C@@H](Cc1cc(F)cc(F)c1)[C@H](O)CNCc1cccc(I)c1. The summed E-state index contributed by atoms with van der Waals surface area (Å²) in [7, 11) is 0. The summed E-state index contributed by atoms with van der Waals surface area (Å²) in [6, 6.07) is 10.7. The lowest BCUT2D eigenvalue weighted by Gasteiger charge is -2.19. The van der Waals surface area contributed by atoms with E-state index in [1.807, 2.05) is 18.2 Å². The van der Waals surface area contributed by atoms with Gasteiger partial charge in [-0.05, 0) is 64.4 Å². The van der Waals surface area contributed by atoms with Crippen LogP contribution in [0.3, 0.4) is 0 Å². The third-order valence-electron chi connectivity index (χ3n) is 3.46. The van der Waals surface area contributed by atoms with E-state index in [2.05, 4.69) is 34.0 Å². The Morgan fingerprint density at radius 3 is 2.43 bits per heavy atom. The standard InChI is InChI=1S/C17H19F2IN2O/c18-13-4-12(5-14(19)8-13)7-16(21)17(23)10-22-9-11-2-1-3-15(20)6-11/h1-6,8,16-17,22-23H,7,9-10,21H2/t16-,17+/m0/s1. The smallest absolute Gasteiger partial charge is 0.126 e. The number of hydrogen-bond acceptors (Lipinski definition) is 3. The van der Waals surface area contributed by atoms with Crippen LogP contribution in [0.5, 0.6) is 0 Å². The van der Waals surface area contributed by atoms with Crippen molar-refractivity contribution in [3.05, 3.63) is 68.8 Å². The summed E-state index contributed by atoms with van der Waals surface area (Å²) in [6.45, 7) is 0.930. The van der Waals surface area contributed by atoms with Crippen molar-refractivity contribution < 1.29 is 13.9 Å². The van der Waals surface area contributed by atoms with Gasteiger partial charge >= 0.3 is 0 Å². The summed E-state index contributed by atoms with van der Waals surface area (Å²) in [6.07, 6.45) is -0.593. The van der Waals surface area contributed by atoms with Gasteiger partial charge in [0.25, 0.3) is 0 Å². The van der Waals surface area contributed by atoms with E-state index in [1.165, 1.54) is 12.1 Å². The van der Waals surface area contributed by atoms with Crippen LogP contribution in [0.1, 0.15) is 11.1 Å². The van der Waals surface area contributed by atoms with Gasteiger partial charge in [-0.3, -0.25) is 0 Å². The van der Waals surface area contributed by atoms with Crippen molar-refractivity contribution in [2.45, 2.75) is 25.1 Å². The van der Waals surface area contributed by atoms with Crippen LogP contribution in [-0.2, 0) is 13.0 Å². The van der Waals surface area contributed by atoms with Crippen LogP contribution in [-0.4, -0.2) is 23.8 Å². The van der Waals surface area contributed by atoms with Gasteiger partial charge in [-0.2, -0.15) is 0 Å². The number of hydrogen-bond donors (Lipinski definition) is 3. The Labute approximate surface area is 148 Å². The van der Waals surface area contributed by atoms with Gasteiger partial charge in [0.1, 0.15) is 11.6 Å². The minimum Gasteiger partial charge on any atom is -0.390 e. The van der Waals surface area contributed by atoms with Crippen LogP contribution in [0.2, 0.25) is 0 Å². The molecule has 3 nitrogen and oxygen atoms in total. The second-order valence-corrected chi connectivity index (χ2v) is 6.72. The van der Waals surface area contributed by atoms with E-state index in [9.17, 15) is 13.9 Å². The van der Waals surface area contributed by atoms with E-state index >= 15 is 0 Å². The highest BCUT2D eigenvalue weighted by atomic mass is 127. The lowest BCUT2D eigenvalue weighted by Crippen LogP contribution is -2.43. The highest BCUT2D eigenvalue weighted by molar-refractivity contribution is 14.1. The molecule has 2 atom stereocenters. The molecule has 124 valence electrons. The summed E-state index contributed by atoms with van der Waals surface area (Å²) in [5, 5.41) is 13.2. The normalized spacial score (nSPS) is 13.8. The lowest BCUT2D eigenvalue weighted by atomic mass is 10.0. The fourth-order valence-corrected chi connectivity index (χ4v) is 2.91. The number of benzene rings is 2. The zero-order chi connectivity index (χ0) is 16.8. The molecular formula is C17H19F2IN2O. The molecule has 4 N–H and O–H groups in total. The summed E-state index contributed by atoms with van der Waals surface area (Å²) in [5.74, 6) is -1.28. The first-order valence-corrected chi connectivity index (χ1v) is 8.35. The van der Waals surface area contributed by atoms with Gasteiger partial charge in [-0.15, -0.1) is 0 Å². The van der Waals surface area contributed by atoms with Crippen LogP contribution in [0.25, 0.3) is 0 Å². The molecule has 0 heterocycles. The Kier molecular flexibility index (Phi) is 6.88. The summed E-state index contributed by atoms with van der Waals surface area (Å²) in [4.78, 5) is 0. The van der Waals surface area contributed by atoms with Crippen molar-refractivity contribution in [3.63, 3.8) is 0 Å². The molecule has 0 spiro atoms.